The van der Waals surface area contributed by atoms with E-state index in [9.17, 15) is 14.4 Å². The summed E-state index contributed by atoms with van der Waals surface area (Å²) in [6.07, 6.45) is 0. The van der Waals surface area contributed by atoms with Crippen LogP contribution in [-0.4, -0.2) is 35.8 Å². The van der Waals surface area contributed by atoms with Gasteiger partial charge in [-0.25, -0.2) is 0 Å². The SMILES string of the molecule is CCOc1ccccc1COC(=O)CN1C(=O)c2cc(Cl)c(Cl)cc2C1=O. The first-order chi connectivity index (χ1) is 12.9. The number of para-hydroxylation sites is 1. The Bertz CT molecular complexity index is 887. The van der Waals surface area contributed by atoms with Gasteiger partial charge in [-0.3, -0.25) is 19.3 Å². The molecule has 27 heavy (non-hydrogen) atoms. The van der Waals surface area contributed by atoms with Gasteiger partial charge in [-0.15, -0.1) is 0 Å². The van der Waals surface area contributed by atoms with Crippen LogP contribution in [0.25, 0.3) is 0 Å². The molecule has 8 heteroatoms. The van der Waals surface area contributed by atoms with Crippen LogP contribution in [0.5, 0.6) is 5.75 Å². The van der Waals surface area contributed by atoms with Gasteiger partial charge in [0.25, 0.3) is 11.8 Å². The van der Waals surface area contributed by atoms with Gasteiger partial charge in [0.15, 0.2) is 0 Å². The van der Waals surface area contributed by atoms with E-state index in [4.69, 9.17) is 32.7 Å². The van der Waals surface area contributed by atoms with E-state index in [0.29, 0.717) is 17.9 Å². The van der Waals surface area contributed by atoms with Gasteiger partial charge in [0.2, 0.25) is 0 Å². The van der Waals surface area contributed by atoms with E-state index < -0.39 is 24.3 Å². The highest BCUT2D eigenvalue weighted by Gasteiger charge is 2.37. The summed E-state index contributed by atoms with van der Waals surface area (Å²) < 4.78 is 10.7. The van der Waals surface area contributed by atoms with Gasteiger partial charge in [-0.1, -0.05) is 41.4 Å². The largest absolute Gasteiger partial charge is 0.493 e. The summed E-state index contributed by atoms with van der Waals surface area (Å²) in [6.45, 7) is 1.79. The molecule has 0 atom stereocenters. The summed E-state index contributed by atoms with van der Waals surface area (Å²) in [7, 11) is 0. The molecule has 0 N–H and O–H groups in total. The Kier molecular flexibility index (Phi) is 5.68. The quantitative estimate of drug-likeness (QED) is 0.538. The minimum atomic E-state index is -0.715. The highest BCUT2D eigenvalue weighted by molar-refractivity contribution is 6.43. The van der Waals surface area contributed by atoms with Crippen molar-refractivity contribution in [1.29, 1.82) is 0 Å². The van der Waals surface area contributed by atoms with Crippen molar-refractivity contribution in [3.05, 3.63) is 63.1 Å². The summed E-state index contributed by atoms with van der Waals surface area (Å²) in [5.41, 5.74) is 0.918. The van der Waals surface area contributed by atoms with Crippen LogP contribution >= 0.6 is 23.2 Å². The van der Waals surface area contributed by atoms with Crippen LogP contribution in [0.3, 0.4) is 0 Å². The Morgan fingerprint density at radius 1 is 1.04 bits per heavy atom. The minimum absolute atomic E-state index is 0.0319. The lowest BCUT2D eigenvalue weighted by Gasteiger charge is -2.14. The summed E-state index contributed by atoms with van der Waals surface area (Å²) in [6, 6.07) is 9.79. The van der Waals surface area contributed by atoms with E-state index in [2.05, 4.69) is 0 Å². The third-order valence-electron chi connectivity index (χ3n) is 3.96. The number of fused-ring (bicyclic) bond motifs is 1. The zero-order chi connectivity index (χ0) is 19.6. The van der Waals surface area contributed by atoms with Crippen molar-refractivity contribution in [3.63, 3.8) is 0 Å². The number of hydrogen-bond donors (Lipinski definition) is 0. The first-order valence-corrected chi connectivity index (χ1v) is 8.89. The number of carbonyl (C=O) groups excluding carboxylic acids is 3. The van der Waals surface area contributed by atoms with Crippen molar-refractivity contribution < 1.29 is 23.9 Å². The van der Waals surface area contributed by atoms with Gasteiger partial charge in [-0.2, -0.15) is 0 Å². The second-order valence-electron chi connectivity index (χ2n) is 5.71. The lowest BCUT2D eigenvalue weighted by Crippen LogP contribution is -2.35. The average Bonchev–Trinajstić information content (AvgIpc) is 2.86. The molecule has 1 aliphatic heterocycles. The molecule has 0 saturated heterocycles. The van der Waals surface area contributed by atoms with Gasteiger partial charge in [0.1, 0.15) is 18.9 Å². The molecule has 0 radical (unpaired) electrons. The maximum absolute atomic E-state index is 12.4. The molecule has 1 aliphatic rings. The maximum Gasteiger partial charge on any atom is 0.326 e. The van der Waals surface area contributed by atoms with Crippen LogP contribution in [0.15, 0.2) is 36.4 Å². The lowest BCUT2D eigenvalue weighted by atomic mass is 10.1. The third-order valence-corrected chi connectivity index (χ3v) is 4.68. The molecular weight excluding hydrogens is 393 g/mol. The van der Waals surface area contributed by atoms with E-state index >= 15 is 0 Å². The average molecular weight is 408 g/mol. The third kappa shape index (κ3) is 3.91. The number of halogens is 2. The van der Waals surface area contributed by atoms with Crippen LogP contribution in [-0.2, 0) is 16.1 Å². The normalized spacial score (nSPS) is 12.9. The zero-order valence-electron chi connectivity index (χ0n) is 14.3. The van der Waals surface area contributed by atoms with Crippen LogP contribution in [0.4, 0.5) is 0 Å². The standard InChI is InChI=1S/C19H15Cl2NO5/c1-2-26-16-6-4-3-5-11(16)10-27-17(23)9-22-18(24)12-7-14(20)15(21)8-13(12)19(22)25/h3-8H,2,9-10H2,1H3. The molecule has 0 aliphatic carbocycles. The second-order valence-corrected chi connectivity index (χ2v) is 6.52. The minimum Gasteiger partial charge on any atom is -0.493 e. The monoisotopic (exact) mass is 407 g/mol. The van der Waals surface area contributed by atoms with E-state index in [1.807, 2.05) is 13.0 Å². The molecule has 2 amide bonds. The van der Waals surface area contributed by atoms with E-state index in [-0.39, 0.29) is 27.8 Å². The summed E-state index contributed by atoms with van der Waals surface area (Å²) in [5.74, 6) is -1.33. The van der Waals surface area contributed by atoms with Crippen LogP contribution in [0, 0.1) is 0 Å². The molecule has 2 aromatic rings. The van der Waals surface area contributed by atoms with Crippen molar-refractivity contribution in [2.45, 2.75) is 13.5 Å². The molecule has 0 spiro atoms. The molecule has 6 nitrogen and oxygen atoms in total. The molecule has 0 aromatic heterocycles. The Morgan fingerprint density at radius 2 is 1.63 bits per heavy atom. The number of rotatable bonds is 6. The molecule has 1 heterocycles. The molecule has 140 valence electrons. The molecule has 0 fully saturated rings. The molecule has 0 unspecified atom stereocenters. The number of ether oxygens (including phenoxy) is 2. The van der Waals surface area contributed by atoms with Crippen LogP contribution in [0.1, 0.15) is 33.2 Å². The Hall–Kier alpha value is -2.57. The Morgan fingerprint density at radius 3 is 2.22 bits per heavy atom. The van der Waals surface area contributed by atoms with Crippen LogP contribution in [0.2, 0.25) is 10.0 Å². The fraction of sp³-hybridized carbons (Fsp3) is 0.211. The summed E-state index contributed by atoms with van der Waals surface area (Å²) in [4.78, 5) is 37.8. The number of carbonyl (C=O) groups is 3. The highest BCUT2D eigenvalue weighted by Crippen LogP contribution is 2.31. The fourth-order valence-electron chi connectivity index (χ4n) is 2.68. The number of hydrogen-bond acceptors (Lipinski definition) is 5. The number of esters is 1. The maximum atomic E-state index is 12.4. The molecular formula is C19H15Cl2NO5. The molecule has 0 saturated carbocycles. The van der Waals surface area contributed by atoms with E-state index in [1.54, 1.807) is 18.2 Å². The molecule has 0 bridgehead atoms. The number of amides is 2. The predicted molar refractivity (Wildman–Crippen MR) is 99.2 cm³/mol. The van der Waals surface area contributed by atoms with Crippen molar-refractivity contribution >= 4 is 41.0 Å². The molecule has 2 aromatic carbocycles. The lowest BCUT2D eigenvalue weighted by molar-refractivity contribution is -0.145. The summed E-state index contributed by atoms with van der Waals surface area (Å²) >= 11 is 11.8. The smallest absolute Gasteiger partial charge is 0.326 e. The first kappa shape index (κ1) is 19.2. The van der Waals surface area contributed by atoms with Crippen molar-refractivity contribution in [2.75, 3.05) is 13.2 Å². The second kappa shape index (κ2) is 7.98. The summed E-state index contributed by atoms with van der Waals surface area (Å²) in [5, 5.41) is 0.321. The van der Waals surface area contributed by atoms with Gasteiger partial charge >= 0.3 is 5.97 Å². The topological polar surface area (TPSA) is 72.9 Å². The Balaban J connectivity index is 1.67. The van der Waals surface area contributed by atoms with Crippen molar-refractivity contribution in [2.24, 2.45) is 0 Å². The van der Waals surface area contributed by atoms with E-state index in [1.165, 1.54) is 12.1 Å². The van der Waals surface area contributed by atoms with Crippen molar-refractivity contribution in [3.8, 4) is 5.75 Å². The molecule has 3 rings (SSSR count). The first-order valence-electron chi connectivity index (χ1n) is 8.14. The number of nitrogens with zero attached hydrogens (tertiary/aromatic N) is 1. The van der Waals surface area contributed by atoms with E-state index in [0.717, 1.165) is 4.90 Å². The zero-order valence-corrected chi connectivity index (χ0v) is 15.8. The van der Waals surface area contributed by atoms with Crippen molar-refractivity contribution in [1.82, 2.24) is 4.90 Å². The van der Waals surface area contributed by atoms with Gasteiger partial charge in [-0.05, 0) is 25.1 Å². The van der Waals surface area contributed by atoms with Gasteiger partial charge < -0.3 is 9.47 Å². The number of benzene rings is 2. The fourth-order valence-corrected chi connectivity index (χ4v) is 3.01. The predicted octanol–water partition coefficient (Wildman–Crippen LogP) is 3.73. The van der Waals surface area contributed by atoms with Gasteiger partial charge in [0, 0.05) is 5.56 Å². The van der Waals surface area contributed by atoms with Crippen LogP contribution < -0.4 is 4.74 Å². The Labute approximate surface area is 165 Å². The number of imide groups is 1. The highest BCUT2D eigenvalue weighted by atomic mass is 35.5. The van der Waals surface area contributed by atoms with Gasteiger partial charge in [0.05, 0.1) is 27.8 Å².